The molecule has 80 valence electrons. The van der Waals surface area contributed by atoms with Crippen LogP contribution in [0.2, 0.25) is 0 Å². The van der Waals surface area contributed by atoms with Gasteiger partial charge in [0, 0.05) is 19.0 Å². The standard InChI is InChI=1S/C9H8F2N2O2/c10-7-2-9(13(14)15)8(11)1-6(7)5-3-12-4-5/h1-2,5,12H,3-4H2. The van der Waals surface area contributed by atoms with Gasteiger partial charge in [0.2, 0.25) is 5.82 Å². The third-order valence-corrected chi connectivity index (χ3v) is 2.48. The van der Waals surface area contributed by atoms with Crippen LogP contribution in [0, 0.1) is 21.7 Å². The highest BCUT2D eigenvalue weighted by molar-refractivity contribution is 5.38. The minimum absolute atomic E-state index is 0.0831. The second-order valence-corrected chi connectivity index (χ2v) is 3.44. The third-order valence-electron chi connectivity index (χ3n) is 2.48. The molecule has 1 fully saturated rings. The fourth-order valence-electron chi connectivity index (χ4n) is 1.51. The van der Waals surface area contributed by atoms with E-state index in [-0.39, 0.29) is 11.5 Å². The molecule has 0 saturated carbocycles. The minimum atomic E-state index is -0.983. The van der Waals surface area contributed by atoms with Crippen LogP contribution in [-0.4, -0.2) is 18.0 Å². The van der Waals surface area contributed by atoms with Crippen LogP contribution >= 0.6 is 0 Å². The Morgan fingerprint density at radius 1 is 1.33 bits per heavy atom. The first-order valence-corrected chi connectivity index (χ1v) is 4.43. The predicted molar refractivity (Wildman–Crippen MR) is 48.6 cm³/mol. The Kier molecular flexibility index (Phi) is 2.36. The van der Waals surface area contributed by atoms with Crippen molar-refractivity contribution in [3.63, 3.8) is 0 Å². The fraction of sp³-hybridized carbons (Fsp3) is 0.333. The van der Waals surface area contributed by atoms with Gasteiger partial charge in [-0.2, -0.15) is 4.39 Å². The fourth-order valence-corrected chi connectivity index (χ4v) is 1.51. The topological polar surface area (TPSA) is 55.2 Å². The smallest absolute Gasteiger partial charge is 0.307 e. The molecule has 1 aliphatic rings. The molecule has 1 heterocycles. The summed E-state index contributed by atoms with van der Waals surface area (Å²) in [7, 11) is 0. The van der Waals surface area contributed by atoms with Gasteiger partial charge >= 0.3 is 5.69 Å². The van der Waals surface area contributed by atoms with E-state index in [1.165, 1.54) is 0 Å². The Labute approximate surface area is 84.1 Å². The molecule has 6 heteroatoms. The summed E-state index contributed by atoms with van der Waals surface area (Å²) in [5.74, 6) is -1.78. The van der Waals surface area contributed by atoms with E-state index in [9.17, 15) is 18.9 Å². The van der Waals surface area contributed by atoms with Crippen LogP contribution in [0.3, 0.4) is 0 Å². The van der Waals surface area contributed by atoms with E-state index in [0.717, 1.165) is 6.07 Å². The number of benzene rings is 1. The zero-order chi connectivity index (χ0) is 11.0. The van der Waals surface area contributed by atoms with Gasteiger partial charge in [-0.1, -0.05) is 0 Å². The van der Waals surface area contributed by atoms with Gasteiger partial charge in [-0.25, -0.2) is 4.39 Å². The summed E-state index contributed by atoms with van der Waals surface area (Å²) in [6.45, 7) is 1.16. The first-order valence-electron chi connectivity index (χ1n) is 4.43. The molecule has 0 atom stereocenters. The second kappa shape index (κ2) is 3.54. The largest absolute Gasteiger partial charge is 0.315 e. The molecule has 1 aromatic carbocycles. The molecule has 0 aromatic heterocycles. The van der Waals surface area contributed by atoms with E-state index in [1.807, 2.05) is 0 Å². The van der Waals surface area contributed by atoms with Crippen molar-refractivity contribution in [3.05, 3.63) is 39.4 Å². The van der Waals surface area contributed by atoms with E-state index >= 15 is 0 Å². The molecular formula is C9H8F2N2O2. The third kappa shape index (κ3) is 1.68. The van der Waals surface area contributed by atoms with Crippen LogP contribution in [0.15, 0.2) is 12.1 Å². The van der Waals surface area contributed by atoms with Crippen LogP contribution in [0.1, 0.15) is 11.5 Å². The van der Waals surface area contributed by atoms with E-state index in [1.54, 1.807) is 0 Å². The van der Waals surface area contributed by atoms with E-state index in [0.29, 0.717) is 19.2 Å². The maximum Gasteiger partial charge on any atom is 0.307 e. The van der Waals surface area contributed by atoms with Crippen LogP contribution in [-0.2, 0) is 0 Å². The molecule has 4 nitrogen and oxygen atoms in total. The van der Waals surface area contributed by atoms with E-state index in [2.05, 4.69) is 5.32 Å². The summed E-state index contributed by atoms with van der Waals surface area (Å²) >= 11 is 0. The highest BCUT2D eigenvalue weighted by Crippen LogP contribution is 2.28. The first-order chi connectivity index (χ1) is 7.09. The number of nitro benzene ring substituents is 1. The maximum atomic E-state index is 13.4. The molecule has 0 aliphatic carbocycles. The van der Waals surface area contributed by atoms with Gasteiger partial charge < -0.3 is 5.32 Å². The average Bonchev–Trinajstić information content (AvgIpc) is 2.07. The molecule has 15 heavy (non-hydrogen) atoms. The molecular weight excluding hydrogens is 206 g/mol. The van der Waals surface area contributed by atoms with Crippen molar-refractivity contribution < 1.29 is 13.7 Å². The van der Waals surface area contributed by atoms with Gasteiger partial charge in [-0.3, -0.25) is 10.1 Å². The molecule has 0 spiro atoms. The van der Waals surface area contributed by atoms with Crippen molar-refractivity contribution in [1.29, 1.82) is 0 Å². The van der Waals surface area contributed by atoms with Crippen LogP contribution < -0.4 is 5.32 Å². The molecule has 1 aromatic rings. The molecule has 1 saturated heterocycles. The van der Waals surface area contributed by atoms with Crippen molar-refractivity contribution in [3.8, 4) is 0 Å². The minimum Gasteiger partial charge on any atom is -0.315 e. The predicted octanol–water partition coefficient (Wildman–Crippen LogP) is 1.56. The molecule has 1 aliphatic heterocycles. The lowest BCUT2D eigenvalue weighted by Crippen LogP contribution is -2.40. The molecule has 0 bridgehead atoms. The highest BCUT2D eigenvalue weighted by atomic mass is 19.1. The Bertz CT molecular complexity index is 419. The lowest BCUT2D eigenvalue weighted by Gasteiger charge is -2.27. The van der Waals surface area contributed by atoms with Gasteiger partial charge in [-0.05, 0) is 11.6 Å². The lowest BCUT2D eigenvalue weighted by atomic mass is 9.93. The normalized spacial score (nSPS) is 16.1. The highest BCUT2D eigenvalue weighted by Gasteiger charge is 2.26. The number of nitrogens with one attached hydrogen (secondary N) is 1. The van der Waals surface area contributed by atoms with Crippen LogP contribution in [0.5, 0.6) is 0 Å². The monoisotopic (exact) mass is 214 g/mol. The number of nitrogens with zero attached hydrogens (tertiary/aromatic N) is 1. The van der Waals surface area contributed by atoms with Gasteiger partial charge in [0.15, 0.2) is 0 Å². The quantitative estimate of drug-likeness (QED) is 0.600. The van der Waals surface area contributed by atoms with Crippen molar-refractivity contribution in [2.45, 2.75) is 5.92 Å². The van der Waals surface area contributed by atoms with Crippen LogP contribution in [0.4, 0.5) is 14.5 Å². The lowest BCUT2D eigenvalue weighted by molar-refractivity contribution is -0.387. The summed E-state index contributed by atoms with van der Waals surface area (Å²) in [6.07, 6.45) is 0. The summed E-state index contributed by atoms with van der Waals surface area (Å²) in [6, 6.07) is 1.56. The Morgan fingerprint density at radius 2 is 2.00 bits per heavy atom. The molecule has 0 radical (unpaired) electrons. The van der Waals surface area contributed by atoms with Crippen molar-refractivity contribution in [1.82, 2.24) is 5.32 Å². The summed E-state index contributed by atoms with van der Waals surface area (Å²) < 4.78 is 26.5. The van der Waals surface area contributed by atoms with Crippen LogP contribution in [0.25, 0.3) is 0 Å². The van der Waals surface area contributed by atoms with Crippen molar-refractivity contribution in [2.24, 2.45) is 0 Å². The molecule has 0 amide bonds. The van der Waals surface area contributed by atoms with Crippen molar-refractivity contribution >= 4 is 5.69 Å². The number of hydrogen-bond acceptors (Lipinski definition) is 3. The Morgan fingerprint density at radius 3 is 2.47 bits per heavy atom. The van der Waals surface area contributed by atoms with Gasteiger partial charge in [0.05, 0.1) is 11.0 Å². The van der Waals surface area contributed by atoms with Crippen molar-refractivity contribution in [2.75, 3.05) is 13.1 Å². The summed E-state index contributed by atoms with van der Waals surface area (Å²) in [5, 5.41) is 13.2. The second-order valence-electron chi connectivity index (χ2n) is 3.44. The maximum absolute atomic E-state index is 13.4. The van der Waals surface area contributed by atoms with Gasteiger partial charge in [0.25, 0.3) is 0 Å². The Balaban J connectivity index is 2.42. The number of rotatable bonds is 2. The Hall–Kier alpha value is -1.56. The number of hydrogen-bond donors (Lipinski definition) is 1. The van der Waals surface area contributed by atoms with E-state index in [4.69, 9.17) is 0 Å². The zero-order valence-electron chi connectivity index (χ0n) is 7.67. The number of halogens is 2. The average molecular weight is 214 g/mol. The molecule has 2 rings (SSSR count). The zero-order valence-corrected chi connectivity index (χ0v) is 7.67. The summed E-state index contributed by atoms with van der Waals surface area (Å²) in [4.78, 5) is 9.40. The molecule has 1 N–H and O–H groups in total. The summed E-state index contributed by atoms with van der Waals surface area (Å²) in [5.41, 5.74) is -0.611. The van der Waals surface area contributed by atoms with Gasteiger partial charge in [0.1, 0.15) is 5.82 Å². The first kappa shape index (κ1) is 9.97. The molecule has 0 unspecified atom stereocenters. The van der Waals surface area contributed by atoms with Gasteiger partial charge in [-0.15, -0.1) is 0 Å². The SMILES string of the molecule is O=[N+]([O-])c1cc(F)c(C2CNC2)cc1F. The number of nitro groups is 1. The van der Waals surface area contributed by atoms with E-state index < -0.39 is 22.2 Å².